The standard InChI is InChI=1S/C9H13N3O/c1-6-2-9(11-5-10-6)12-7-3-8(13)4-7/h2,5,7-8,13H,3-4H2,1H3,(H,10,11,12)/t7-,8+. The van der Waals surface area contributed by atoms with Crippen molar-refractivity contribution in [1.29, 1.82) is 0 Å². The van der Waals surface area contributed by atoms with Crippen molar-refractivity contribution in [3.8, 4) is 0 Å². The Morgan fingerprint density at radius 1 is 1.46 bits per heavy atom. The molecular formula is C9H13N3O. The fraction of sp³-hybridized carbons (Fsp3) is 0.556. The minimum atomic E-state index is -0.125. The highest BCUT2D eigenvalue weighted by Crippen LogP contribution is 2.22. The van der Waals surface area contributed by atoms with E-state index in [4.69, 9.17) is 5.11 Å². The molecular weight excluding hydrogens is 166 g/mol. The lowest BCUT2D eigenvalue weighted by atomic mass is 9.89. The van der Waals surface area contributed by atoms with Gasteiger partial charge in [-0.05, 0) is 19.8 Å². The van der Waals surface area contributed by atoms with Gasteiger partial charge in [-0.15, -0.1) is 0 Å². The quantitative estimate of drug-likeness (QED) is 0.702. The Labute approximate surface area is 77.0 Å². The molecule has 1 aromatic rings. The molecule has 4 heteroatoms. The molecule has 1 heterocycles. The van der Waals surface area contributed by atoms with Crippen LogP contribution in [-0.4, -0.2) is 27.2 Å². The number of aromatic nitrogens is 2. The average molecular weight is 179 g/mol. The zero-order chi connectivity index (χ0) is 9.26. The number of hydrogen-bond acceptors (Lipinski definition) is 4. The summed E-state index contributed by atoms with van der Waals surface area (Å²) in [6, 6.07) is 2.29. The van der Waals surface area contributed by atoms with E-state index in [2.05, 4.69) is 15.3 Å². The summed E-state index contributed by atoms with van der Waals surface area (Å²) in [5.41, 5.74) is 0.956. The van der Waals surface area contributed by atoms with Gasteiger partial charge < -0.3 is 10.4 Å². The van der Waals surface area contributed by atoms with E-state index >= 15 is 0 Å². The van der Waals surface area contributed by atoms with Gasteiger partial charge in [0.15, 0.2) is 0 Å². The molecule has 1 saturated carbocycles. The van der Waals surface area contributed by atoms with Crippen LogP contribution in [-0.2, 0) is 0 Å². The highest BCUT2D eigenvalue weighted by atomic mass is 16.3. The van der Waals surface area contributed by atoms with Gasteiger partial charge in [0.2, 0.25) is 0 Å². The lowest BCUT2D eigenvalue weighted by molar-refractivity contribution is 0.0835. The van der Waals surface area contributed by atoms with Crippen molar-refractivity contribution in [2.24, 2.45) is 0 Å². The summed E-state index contributed by atoms with van der Waals surface area (Å²) in [7, 11) is 0. The fourth-order valence-electron chi connectivity index (χ4n) is 1.45. The summed E-state index contributed by atoms with van der Waals surface area (Å²) in [6.07, 6.45) is 3.07. The third-order valence-electron chi connectivity index (χ3n) is 2.27. The average Bonchev–Trinajstić information content (AvgIpc) is 2.01. The Balaban J connectivity index is 1.94. The SMILES string of the molecule is Cc1cc(N[C@H]2C[C@@H](O)C2)ncn1. The van der Waals surface area contributed by atoms with Crippen LogP contribution in [0, 0.1) is 6.92 Å². The highest BCUT2D eigenvalue weighted by Gasteiger charge is 2.26. The highest BCUT2D eigenvalue weighted by molar-refractivity contribution is 5.36. The predicted molar refractivity (Wildman–Crippen MR) is 49.4 cm³/mol. The van der Waals surface area contributed by atoms with Gasteiger partial charge in [0, 0.05) is 17.8 Å². The smallest absolute Gasteiger partial charge is 0.129 e. The van der Waals surface area contributed by atoms with Crippen LogP contribution in [0.1, 0.15) is 18.5 Å². The maximum Gasteiger partial charge on any atom is 0.129 e. The number of aryl methyl sites for hydroxylation is 1. The second-order valence-electron chi connectivity index (χ2n) is 3.51. The van der Waals surface area contributed by atoms with E-state index in [9.17, 15) is 0 Å². The molecule has 13 heavy (non-hydrogen) atoms. The molecule has 0 unspecified atom stereocenters. The molecule has 1 aliphatic carbocycles. The molecule has 70 valence electrons. The summed E-state index contributed by atoms with van der Waals surface area (Å²) < 4.78 is 0. The topological polar surface area (TPSA) is 58.0 Å². The number of anilines is 1. The molecule has 0 atom stereocenters. The van der Waals surface area contributed by atoms with Crippen molar-refractivity contribution in [3.63, 3.8) is 0 Å². The van der Waals surface area contributed by atoms with Crippen LogP contribution in [0.15, 0.2) is 12.4 Å². The number of aliphatic hydroxyl groups is 1. The molecule has 0 amide bonds. The maximum atomic E-state index is 9.08. The van der Waals surface area contributed by atoms with Gasteiger partial charge in [-0.3, -0.25) is 0 Å². The zero-order valence-corrected chi connectivity index (χ0v) is 7.57. The van der Waals surface area contributed by atoms with E-state index in [1.54, 1.807) is 6.33 Å². The molecule has 0 aliphatic heterocycles. The fourth-order valence-corrected chi connectivity index (χ4v) is 1.45. The van der Waals surface area contributed by atoms with Crippen LogP contribution in [0.4, 0.5) is 5.82 Å². The molecule has 1 fully saturated rings. The van der Waals surface area contributed by atoms with Gasteiger partial charge in [-0.2, -0.15) is 0 Å². The first-order chi connectivity index (χ1) is 6.24. The van der Waals surface area contributed by atoms with Gasteiger partial charge in [0.1, 0.15) is 12.1 Å². The number of aliphatic hydroxyl groups excluding tert-OH is 1. The van der Waals surface area contributed by atoms with E-state index in [1.165, 1.54) is 0 Å². The summed E-state index contributed by atoms with van der Waals surface area (Å²) in [4.78, 5) is 8.09. The number of nitrogens with zero attached hydrogens (tertiary/aromatic N) is 2. The molecule has 0 spiro atoms. The molecule has 1 aromatic heterocycles. The summed E-state index contributed by atoms with van der Waals surface area (Å²) in [5, 5.41) is 12.3. The van der Waals surface area contributed by atoms with E-state index in [0.29, 0.717) is 6.04 Å². The number of hydrogen-bond donors (Lipinski definition) is 2. The van der Waals surface area contributed by atoms with Crippen LogP contribution in [0.5, 0.6) is 0 Å². The second kappa shape index (κ2) is 3.30. The van der Waals surface area contributed by atoms with E-state index in [1.807, 2.05) is 13.0 Å². The Hall–Kier alpha value is -1.16. The van der Waals surface area contributed by atoms with Gasteiger partial charge >= 0.3 is 0 Å². The van der Waals surface area contributed by atoms with Crippen molar-refractivity contribution in [2.75, 3.05) is 5.32 Å². The van der Waals surface area contributed by atoms with Gasteiger partial charge in [-0.1, -0.05) is 0 Å². The lowest BCUT2D eigenvalue weighted by Crippen LogP contribution is -2.39. The molecule has 2 rings (SSSR count). The number of nitrogens with one attached hydrogen (secondary N) is 1. The van der Waals surface area contributed by atoms with Crippen molar-refractivity contribution in [2.45, 2.75) is 31.9 Å². The number of rotatable bonds is 2. The molecule has 0 radical (unpaired) electrons. The lowest BCUT2D eigenvalue weighted by Gasteiger charge is -2.32. The van der Waals surface area contributed by atoms with Crippen molar-refractivity contribution in [3.05, 3.63) is 18.1 Å². The molecule has 2 N–H and O–H groups in total. The van der Waals surface area contributed by atoms with Crippen molar-refractivity contribution < 1.29 is 5.11 Å². The Kier molecular flexibility index (Phi) is 2.14. The normalized spacial score (nSPS) is 26.6. The first kappa shape index (κ1) is 8.44. The largest absolute Gasteiger partial charge is 0.393 e. The summed E-state index contributed by atoms with van der Waals surface area (Å²) >= 11 is 0. The van der Waals surface area contributed by atoms with E-state index < -0.39 is 0 Å². The van der Waals surface area contributed by atoms with Crippen LogP contribution in [0.3, 0.4) is 0 Å². The first-order valence-electron chi connectivity index (χ1n) is 4.47. The molecule has 4 nitrogen and oxygen atoms in total. The third-order valence-corrected chi connectivity index (χ3v) is 2.27. The molecule has 0 aromatic carbocycles. The maximum absolute atomic E-state index is 9.08. The van der Waals surface area contributed by atoms with Crippen LogP contribution in [0.25, 0.3) is 0 Å². The first-order valence-corrected chi connectivity index (χ1v) is 4.47. The predicted octanol–water partition coefficient (Wildman–Crippen LogP) is 0.720. The van der Waals surface area contributed by atoms with E-state index in [0.717, 1.165) is 24.4 Å². The van der Waals surface area contributed by atoms with Crippen molar-refractivity contribution in [1.82, 2.24) is 9.97 Å². The Bertz CT molecular complexity index is 297. The third kappa shape index (κ3) is 1.95. The second-order valence-corrected chi connectivity index (χ2v) is 3.51. The summed E-state index contributed by atoms with van der Waals surface area (Å²) in [5.74, 6) is 0.851. The van der Waals surface area contributed by atoms with E-state index in [-0.39, 0.29) is 6.10 Å². The van der Waals surface area contributed by atoms with Crippen LogP contribution in [0.2, 0.25) is 0 Å². The molecule has 0 saturated heterocycles. The zero-order valence-electron chi connectivity index (χ0n) is 7.57. The Morgan fingerprint density at radius 2 is 2.23 bits per heavy atom. The van der Waals surface area contributed by atoms with Crippen molar-refractivity contribution >= 4 is 5.82 Å². The van der Waals surface area contributed by atoms with Crippen LogP contribution < -0.4 is 5.32 Å². The summed E-state index contributed by atoms with van der Waals surface area (Å²) in [6.45, 7) is 1.93. The monoisotopic (exact) mass is 179 g/mol. The van der Waals surface area contributed by atoms with Gasteiger partial charge in [0.25, 0.3) is 0 Å². The van der Waals surface area contributed by atoms with Crippen LogP contribution >= 0.6 is 0 Å². The van der Waals surface area contributed by atoms with Gasteiger partial charge in [0.05, 0.1) is 6.10 Å². The van der Waals surface area contributed by atoms with Gasteiger partial charge in [-0.25, -0.2) is 9.97 Å². The minimum absolute atomic E-state index is 0.125. The Morgan fingerprint density at radius 3 is 2.85 bits per heavy atom. The molecule has 1 aliphatic rings. The molecule has 0 bridgehead atoms. The minimum Gasteiger partial charge on any atom is -0.393 e.